The van der Waals surface area contributed by atoms with E-state index in [4.69, 9.17) is 4.42 Å². The summed E-state index contributed by atoms with van der Waals surface area (Å²) in [5.74, 6) is 1.61. The van der Waals surface area contributed by atoms with Gasteiger partial charge >= 0.3 is 0 Å². The zero-order valence-corrected chi connectivity index (χ0v) is 14.0. The number of carbonyl (C=O) groups is 1. The Morgan fingerprint density at radius 2 is 2.17 bits per heavy atom. The van der Waals surface area contributed by atoms with Crippen LogP contribution >= 0.6 is 0 Å². The highest BCUT2D eigenvalue weighted by molar-refractivity contribution is 5.91. The number of anilines is 2. The van der Waals surface area contributed by atoms with E-state index in [1.54, 1.807) is 23.2 Å². The highest BCUT2D eigenvalue weighted by Gasteiger charge is 2.25. The Labute approximate surface area is 140 Å². The number of piperazine rings is 1. The van der Waals surface area contributed by atoms with Crippen molar-refractivity contribution in [2.75, 3.05) is 36.4 Å². The molecule has 8 heteroatoms. The Morgan fingerprint density at radius 1 is 1.38 bits per heavy atom. The fourth-order valence-electron chi connectivity index (χ4n) is 2.52. The number of rotatable bonds is 5. The molecule has 0 aromatic carbocycles. The van der Waals surface area contributed by atoms with Gasteiger partial charge in [0, 0.05) is 32.2 Å². The second kappa shape index (κ2) is 7.29. The van der Waals surface area contributed by atoms with E-state index >= 15 is 0 Å². The molecule has 8 nitrogen and oxygen atoms in total. The smallest absolute Gasteiger partial charge is 0.289 e. The van der Waals surface area contributed by atoms with Crippen molar-refractivity contribution < 1.29 is 9.21 Å². The maximum atomic E-state index is 12.3. The molecule has 24 heavy (non-hydrogen) atoms. The summed E-state index contributed by atoms with van der Waals surface area (Å²) >= 11 is 0. The topological polar surface area (TPSA) is 87.4 Å². The van der Waals surface area contributed by atoms with E-state index in [9.17, 15) is 4.79 Å². The second-order valence-electron chi connectivity index (χ2n) is 5.85. The van der Waals surface area contributed by atoms with E-state index in [0.29, 0.717) is 43.9 Å². The fraction of sp³-hybridized carbons (Fsp3) is 0.500. The molecule has 0 aliphatic carbocycles. The second-order valence-corrected chi connectivity index (χ2v) is 5.85. The molecule has 1 atom stereocenters. The van der Waals surface area contributed by atoms with E-state index in [1.165, 1.54) is 6.26 Å². The number of furan rings is 1. The van der Waals surface area contributed by atoms with Gasteiger partial charge in [-0.25, -0.2) is 0 Å². The van der Waals surface area contributed by atoms with Gasteiger partial charge in [-0.3, -0.25) is 4.79 Å². The zero-order chi connectivity index (χ0) is 16.9. The standard InChI is InChI=1S/C16H22N6O2/c1-3-12(2)18-14-11-17-20-16(19-14)22-8-6-21(7-9-22)15(23)13-5-4-10-24-13/h4-5,10-12H,3,6-9H2,1-2H3,(H,18,19,20). The molecular weight excluding hydrogens is 308 g/mol. The Kier molecular flexibility index (Phi) is 4.93. The SMILES string of the molecule is CCC(C)Nc1cnnc(N2CCN(C(=O)c3ccco3)CC2)n1. The van der Waals surface area contributed by atoms with Gasteiger partial charge in [0.1, 0.15) is 0 Å². The van der Waals surface area contributed by atoms with Crippen LogP contribution in [-0.2, 0) is 0 Å². The molecule has 0 bridgehead atoms. The average molecular weight is 330 g/mol. The number of amides is 1. The highest BCUT2D eigenvalue weighted by Crippen LogP contribution is 2.15. The summed E-state index contributed by atoms with van der Waals surface area (Å²) in [4.78, 5) is 20.6. The molecule has 1 aliphatic rings. The lowest BCUT2D eigenvalue weighted by molar-refractivity contribution is 0.0714. The number of carbonyl (C=O) groups excluding carboxylic acids is 1. The summed E-state index contributed by atoms with van der Waals surface area (Å²) in [6.07, 6.45) is 4.15. The molecule has 3 heterocycles. The summed E-state index contributed by atoms with van der Waals surface area (Å²) in [6, 6.07) is 3.74. The molecule has 0 spiro atoms. The molecule has 2 aromatic rings. The molecule has 1 amide bonds. The minimum atomic E-state index is -0.0779. The van der Waals surface area contributed by atoms with Gasteiger partial charge in [-0.15, -0.1) is 5.10 Å². The van der Waals surface area contributed by atoms with Crippen LogP contribution in [0, 0.1) is 0 Å². The van der Waals surface area contributed by atoms with E-state index in [0.717, 1.165) is 12.2 Å². The lowest BCUT2D eigenvalue weighted by atomic mass is 10.3. The molecule has 1 N–H and O–H groups in total. The van der Waals surface area contributed by atoms with Gasteiger partial charge in [-0.05, 0) is 25.5 Å². The summed E-state index contributed by atoms with van der Waals surface area (Å²) in [6.45, 7) is 6.75. The number of nitrogens with one attached hydrogen (secondary N) is 1. The summed E-state index contributed by atoms with van der Waals surface area (Å²) in [5, 5.41) is 11.4. The minimum absolute atomic E-state index is 0.0779. The maximum Gasteiger partial charge on any atom is 0.289 e. The first kappa shape index (κ1) is 16.2. The molecular formula is C16H22N6O2. The van der Waals surface area contributed by atoms with Crippen LogP contribution in [0.2, 0.25) is 0 Å². The first-order valence-electron chi connectivity index (χ1n) is 8.21. The predicted octanol–water partition coefficient (Wildman–Crippen LogP) is 1.64. The van der Waals surface area contributed by atoms with Gasteiger partial charge in [-0.1, -0.05) is 6.92 Å². The maximum absolute atomic E-state index is 12.3. The number of nitrogens with zero attached hydrogens (tertiary/aromatic N) is 5. The van der Waals surface area contributed by atoms with Crippen molar-refractivity contribution >= 4 is 17.7 Å². The molecule has 0 radical (unpaired) electrons. The third-order valence-electron chi connectivity index (χ3n) is 4.14. The molecule has 128 valence electrons. The third-order valence-corrected chi connectivity index (χ3v) is 4.14. The van der Waals surface area contributed by atoms with Crippen LogP contribution in [0.5, 0.6) is 0 Å². The highest BCUT2D eigenvalue weighted by atomic mass is 16.3. The molecule has 0 saturated carbocycles. The van der Waals surface area contributed by atoms with Crippen molar-refractivity contribution in [2.45, 2.75) is 26.3 Å². The molecule has 1 aliphatic heterocycles. The Balaban J connectivity index is 1.60. The van der Waals surface area contributed by atoms with Crippen molar-refractivity contribution in [1.82, 2.24) is 20.1 Å². The van der Waals surface area contributed by atoms with Crippen LogP contribution in [0.4, 0.5) is 11.8 Å². The first-order chi connectivity index (χ1) is 11.7. The molecule has 1 saturated heterocycles. The molecule has 3 rings (SSSR count). The summed E-state index contributed by atoms with van der Waals surface area (Å²) < 4.78 is 5.18. The zero-order valence-electron chi connectivity index (χ0n) is 14.0. The quantitative estimate of drug-likeness (QED) is 0.891. The molecule has 2 aromatic heterocycles. The Hall–Kier alpha value is -2.64. The van der Waals surface area contributed by atoms with Crippen molar-refractivity contribution in [3.05, 3.63) is 30.4 Å². The van der Waals surface area contributed by atoms with E-state index < -0.39 is 0 Å². The van der Waals surface area contributed by atoms with Crippen LogP contribution in [0.15, 0.2) is 29.0 Å². The molecule has 1 fully saturated rings. The van der Waals surface area contributed by atoms with Gasteiger partial charge < -0.3 is 19.5 Å². The monoisotopic (exact) mass is 330 g/mol. The van der Waals surface area contributed by atoms with E-state index in [-0.39, 0.29) is 5.91 Å². The van der Waals surface area contributed by atoms with Gasteiger partial charge in [0.2, 0.25) is 5.95 Å². The minimum Gasteiger partial charge on any atom is -0.459 e. The van der Waals surface area contributed by atoms with Gasteiger partial charge in [0.15, 0.2) is 11.6 Å². The van der Waals surface area contributed by atoms with Crippen molar-refractivity contribution in [2.24, 2.45) is 0 Å². The molecule has 1 unspecified atom stereocenters. The third kappa shape index (κ3) is 3.64. The van der Waals surface area contributed by atoms with E-state index in [1.807, 2.05) is 4.90 Å². The number of hydrogen-bond donors (Lipinski definition) is 1. The van der Waals surface area contributed by atoms with Gasteiger partial charge in [0.05, 0.1) is 12.5 Å². The fourth-order valence-corrected chi connectivity index (χ4v) is 2.52. The van der Waals surface area contributed by atoms with Crippen LogP contribution in [-0.4, -0.2) is 58.2 Å². The Bertz CT molecular complexity index is 667. The summed E-state index contributed by atoms with van der Waals surface area (Å²) in [7, 11) is 0. The van der Waals surface area contributed by atoms with Gasteiger partial charge in [0.25, 0.3) is 5.91 Å². The van der Waals surface area contributed by atoms with Crippen molar-refractivity contribution in [3.63, 3.8) is 0 Å². The van der Waals surface area contributed by atoms with Crippen LogP contribution in [0.3, 0.4) is 0 Å². The van der Waals surface area contributed by atoms with E-state index in [2.05, 4.69) is 34.3 Å². The number of hydrogen-bond acceptors (Lipinski definition) is 7. The van der Waals surface area contributed by atoms with Crippen LogP contribution < -0.4 is 10.2 Å². The predicted molar refractivity (Wildman–Crippen MR) is 90.0 cm³/mol. The largest absolute Gasteiger partial charge is 0.459 e. The number of aromatic nitrogens is 3. The Morgan fingerprint density at radius 3 is 2.83 bits per heavy atom. The van der Waals surface area contributed by atoms with Crippen molar-refractivity contribution in [1.29, 1.82) is 0 Å². The van der Waals surface area contributed by atoms with Crippen molar-refractivity contribution in [3.8, 4) is 0 Å². The van der Waals surface area contributed by atoms with Crippen LogP contribution in [0.25, 0.3) is 0 Å². The first-order valence-corrected chi connectivity index (χ1v) is 8.21. The average Bonchev–Trinajstić information content (AvgIpc) is 3.16. The lowest BCUT2D eigenvalue weighted by Crippen LogP contribution is -2.49. The lowest BCUT2D eigenvalue weighted by Gasteiger charge is -2.34. The van der Waals surface area contributed by atoms with Gasteiger partial charge in [-0.2, -0.15) is 10.1 Å². The van der Waals surface area contributed by atoms with Crippen LogP contribution in [0.1, 0.15) is 30.8 Å². The normalized spacial score (nSPS) is 16.1. The summed E-state index contributed by atoms with van der Waals surface area (Å²) in [5.41, 5.74) is 0.